The Morgan fingerprint density at radius 2 is 1.74 bits per heavy atom. The number of rotatable bonds is 8. The largest absolute Gasteiger partial charge is 0.497 e. The first-order chi connectivity index (χ1) is 18.8. The van der Waals surface area contributed by atoms with E-state index in [1.165, 1.54) is 30.0 Å². The lowest BCUT2D eigenvalue weighted by molar-refractivity contribution is 0.0697. The standard InChI is InChI=1S/C28H26N6O5/c1-17(2)34(27(35)21-11-10-20(38-3)14-24(21)39-4)26-22(28(36)37)16-33(31-26)19-8-6-18(7-9-19)23-15-25-29-12-5-13-32(25)30-23/h5-17H,1-4H3,(H,36,37). The Balaban J connectivity index is 1.52. The van der Waals surface area contributed by atoms with Gasteiger partial charge in [-0.1, -0.05) is 12.1 Å². The molecule has 11 nitrogen and oxygen atoms in total. The predicted octanol–water partition coefficient (Wildman–Crippen LogP) is 4.35. The van der Waals surface area contributed by atoms with Gasteiger partial charge in [0.2, 0.25) is 0 Å². The Morgan fingerprint density at radius 1 is 0.974 bits per heavy atom. The molecule has 198 valence electrons. The molecule has 0 aliphatic rings. The fraction of sp³-hybridized carbons (Fsp3) is 0.179. The average molecular weight is 527 g/mol. The van der Waals surface area contributed by atoms with Gasteiger partial charge >= 0.3 is 5.97 Å². The van der Waals surface area contributed by atoms with Crippen molar-refractivity contribution in [3.05, 3.63) is 84.3 Å². The van der Waals surface area contributed by atoms with Gasteiger partial charge in [0.1, 0.15) is 17.1 Å². The molecule has 2 aromatic carbocycles. The molecule has 0 aliphatic carbocycles. The first-order valence-electron chi connectivity index (χ1n) is 12.1. The van der Waals surface area contributed by atoms with Gasteiger partial charge in [-0.15, -0.1) is 5.10 Å². The zero-order valence-electron chi connectivity index (χ0n) is 21.8. The first-order valence-corrected chi connectivity index (χ1v) is 12.1. The molecule has 0 unspecified atom stereocenters. The van der Waals surface area contributed by atoms with Crippen molar-refractivity contribution in [2.24, 2.45) is 0 Å². The Bertz CT molecular complexity index is 1640. The maximum Gasteiger partial charge on any atom is 0.341 e. The Hall–Kier alpha value is -5.19. The Labute approximate surface area is 223 Å². The summed E-state index contributed by atoms with van der Waals surface area (Å²) in [4.78, 5) is 31.6. The maximum atomic E-state index is 13.7. The smallest absolute Gasteiger partial charge is 0.341 e. The minimum atomic E-state index is -1.20. The minimum absolute atomic E-state index is 0.0240. The second kappa shape index (κ2) is 10.3. The summed E-state index contributed by atoms with van der Waals surface area (Å²) >= 11 is 0. The van der Waals surface area contributed by atoms with Crippen LogP contribution in [0, 0.1) is 0 Å². The molecule has 39 heavy (non-hydrogen) atoms. The highest BCUT2D eigenvalue weighted by Gasteiger charge is 2.30. The third kappa shape index (κ3) is 4.77. The van der Waals surface area contributed by atoms with Gasteiger partial charge in [-0.3, -0.25) is 9.69 Å². The zero-order valence-corrected chi connectivity index (χ0v) is 21.8. The predicted molar refractivity (Wildman–Crippen MR) is 144 cm³/mol. The van der Waals surface area contributed by atoms with Crippen LogP contribution in [0.5, 0.6) is 11.5 Å². The van der Waals surface area contributed by atoms with Gasteiger partial charge < -0.3 is 14.6 Å². The molecule has 5 rings (SSSR count). The van der Waals surface area contributed by atoms with Crippen molar-refractivity contribution in [2.75, 3.05) is 19.1 Å². The number of methoxy groups -OCH3 is 2. The molecule has 3 heterocycles. The van der Waals surface area contributed by atoms with E-state index in [-0.39, 0.29) is 16.9 Å². The van der Waals surface area contributed by atoms with Gasteiger partial charge in [0.25, 0.3) is 5.91 Å². The van der Waals surface area contributed by atoms with Gasteiger partial charge in [-0.05, 0) is 44.2 Å². The van der Waals surface area contributed by atoms with E-state index < -0.39 is 17.9 Å². The lowest BCUT2D eigenvalue weighted by Gasteiger charge is -2.26. The number of nitrogens with zero attached hydrogens (tertiary/aromatic N) is 6. The number of carbonyl (C=O) groups excluding carboxylic acids is 1. The van der Waals surface area contributed by atoms with E-state index in [2.05, 4.69) is 15.2 Å². The van der Waals surface area contributed by atoms with Gasteiger partial charge in [0, 0.05) is 42.3 Å². The van der Waals surface area contributed by atoms with Crippen LogP contribution in [-0.4, -0.2) is 61.6 Å². The molecule has 0 fully saturated rings. The van der Waals surface area contributed by atoms with Crippen molar-refractivity contribution in [3.63, 3.8) is 0 Å². The molecule has 1 N–H and O–H groups in total. The van der Waals surface area contributed by atoms with Crippen molar-refractivity contribution in [2.45, 2.75) is 19.9 Å². The van der Waals surface area contributed by atoms with E-state index >= 15 is 0 Å². The number of carboxylic acid groups (broad SMARTS) is 1. The molecule has 0 spiro atoms. The summed E-state index contributed by atoms with van der Waals surface area (Å²) in [5, 5.41) is 19.1. The lowest BCUT2D eigenvalue weighted by Crippen LogP contribution is -2.38. The summed E-state index contributed by atoms with van der Waals surface area (Å²) in [6, 6.07) is 15.5. The zero-order chi connectivity index (χ0) is 27.7. The third-order valence-electron chi connectivity index (χ3n) is 6.19. The number of hydrogen-bond acceptors (Lipinski definition) is 7. The molecule has 0 atom stereocenters. The Morgan fingerprint density at radius 3 is 2.38 bits per heavy atom. The number of aromatic carboxylic acids is 1. The highest BCUT2D eigenvalue weighted by Crippen LogP contribution is 2.30. The quantitative estimate of drug-likeness (QED) is 0.316. The van der Waals surface area contributed by atoms with E-state index in [0.717, 1.165) is 16.9 Å². The van der Waals surface area contributed by atoms with E-state index in [1.54, 1.807) is 48.8 Å². The number of aromatic nitrogens is 5. The summed E-state index contributed by atoms with van der Waals surface area (Å²) < 4.78 is 13.8. The summed E-state index contributed by atoms with van der Waals surface area (Å²) in [6.07, 6.45) is 4.92. The van der Waals surface area contributed by atoms with Crippen molar-refractivity contribution < 1.29 is 24.2 Å². The topological polar surface area (TPSA) is 124 Å². The average Bonchev–Trinajstić information content (AvgIpc) is 3.58. The number of anilines is 1. The molecule has 0 bridgehead atoms. The van der Waals surface area contributed by atoms with Gasteiger partial charge in [0.15, 0.2) is 11.5 Å². The van der Waals surface area contributed by atoms with E-state index in [1.807, 2.05) is 36.5 Å². The van der Waals surface area contributed by atoms with E-state index in [0.29, 0.717) is 17.2 Å². The summed E-state index contributed by atoms with van der Waals surface area (Å²) in [7, 11) is 2.97. The van der Waals surface area contributed by atoms with Crippen molar-refractivity contribution in [3.8, 4) is 28.4 Å². The molecular formula is C28H26N6O5. The number of fused-ring (bicyclic) bond motifs is 1. The van der Waals surface area contributed by atoms with E-state index in [4.69, 9.17) is 9.47 Å². The fourth-order valence-corrected chi connectivity index (χ4v) is 4.26. The molecule has 1 amide bonds. The summed E-state index contributed by atoms with van der Waals surface area (Å²) in [5.41, 5.74) is 3.10. The number of benzene rings is 2. The van der Waals surface area contributed by atoms with Crippen LogP contribution in [0.15, 0.2) is 73.2 Å². The molecule has 0 aliphatic heterocycles. The molecule has 0 saturated carbocycles. The van der Waals surface area contributed by atoms with Gasteiger partial charge in [-0.2, -0.15) is 5.10 Å². The molecule has 3 aromatic heterocycles. The number of amides is 1. The number of carbonyl (C=O) groups is 2. The molecule has 5 aromatic rings. The minimum Gasteiger partial charge on any atom is -0.497 e. The SMILES string of the molecule is COc1ccc(C(=O)N(c2nn(-c3ccc(-c4cc5ncccn5n4)cc3)cc2C(=O)O)C(C)C)c(OC)c1. The van der Waals surface area contributed by atoms with Crippen LogP contribution in [0.4, 0.5) is 5.82 Å². The van der Waals surface area contributed by atoms with Crippen molar-refractivity contribution in [1.82, 2.24) is 24.4 Å². The number of carboxylic acids is 1. The normalized spacial score (nSPS) is 11.1. The monoisotopic (exact) mass is 526 g/mol. The highest BCUT2D eigenvalue weighted by molar-refractivity contribution is 6.10. The Kier molecular flexibility index (Phi) is 6.72. The summed E-state index contributed by atoms with van der Waals surface area (Å²) in [5.74, 6) is -0.799. The second-order valence-corrected chi connectivity index (χ2v) is 8.95. The first kappa shape index (κ1) is 25.5. The van der Waals surface area contributed by atoms with Gasteiger partial charge in [-0.25, -0.2) is 19.0 Å². The maximum absolute atomic E-state index is 13.7. The van der Waals surface area contributed by atoms with Crippen LogP contribution in [0.25, 0.3) is 22.6 Å². The van der Waals surface area contributed by atoms with Crippen LogP contribution in [-0.2, 0) is 0 Å². The molecule has 0 saturated heterocycles. The molecule has 11 heteroatoms. The van der Waals surface area contributed by atoms with Crippen LogP contribution >= 0.6 is 0 Å². The summed E-state index contributed by atoms with van der Waals surface area (Å²) in [6.45, 7) is 3.58. The fourth-order valence-electron chi connectivity index (χ4n) is 4.26. The van der Waals surface area contributed by atoms with Crippen LogP contribution < -0.4 is 14.4 Å². The molecular weight excluding hydrogens is 500 g/mol. The second-order valence-electron chi connectivity index (χ2n) is 8.95. The van der Waals surface area contributed by atoms with Gasteiger partial charge in [0.05, 0.1) is 31.2 Å². The van der Waals surface area contributed by atoms with E-state index in [9.17, 15) is 14.7 Å². The third-order valence-corrected chi connectivity index (χ3v) is 6.19. The van der Waals surface area contributed by atoms with Crippen LogP contribution in [0.3, 0.4) is 0 Å². The lowest BCUT2D eigenvalue weighted by atomic mass is 10.1. The van der Waals surface area contributed by atoms with Crippen LogP contribution in [0.1, 0.15) is 34.6 Å². The highest BCUT2D eigenvalue weighted by atomic mass is 16.5. The van der Waals surface area contributed by atoms with Crippen molar-refractivity contribution in [1.29, 1.82) is 0 Å². The van der Waals surface area contributed by atoms with Crippen LogP contribution in [0.2, 0.25) is 0 Å². The number of ether oxygens (including phenoxy) is 2. The van der Waals surface area contributed by atoms with Crippen molar-refractivity contribution >= 4 is 23.3 Å². The molecule has 0 radical (unpaired) electrons. The number of hydrogen-bond donors (Lipinski definition) is 1.